The Labute approximate surface area is 113 Å². The second-order valence-electron chi connectivity index (χ2n) is 4.53. The summed E-state index contributed by atoms with van der Waals surface area (Å²) < 4.78 is 0. The number of nitrogens with zero attached hydrogens (tertiary/aromatic N) is 2. The smallest absolute Gasteiger partial charge is 0.105 e. The molecule has 17 heavy (non-hydrogen) atoms. The molecular weight excluding hydrogens is 255 g/mol. The maximum atomic E-state index is 6.02. The summed E-state index contributed by atoms with van der Waals surface area (Å²) in [6.45, 7) is 2.12. The Hall–Kier alpha value is -0.730. The van der Waals surface area contributed by atoms with E-state index in [2.05, 4.69) is 4.90 Å². The molecule has 0 aromatic heterocycles. The highest BCUT2D eigenvalue weighted by Crippen LogP contribution is 2.31. The second kappa shape index (κ2) is 5.28. The summed E-state index contributed by atoms with van der Waals surface area (Å²) in [6, 6.07) is 6.01. The Kier molecular flexibility index (Phi) is 3.95. The number of benzene rings is 1. The van der Waals surface area contributed by atoms with Crippen LogP contribution in [0.25, 0.3) is 0 Å². The molecule has 0 aliphatic carbocycles. The molecule has 1 fully saturated rings. The molecule has 4 heteroatoms. The Morgan fingerprint density at radius 3 is 2.94 bits per heavy atom. The standard InChI is InChI=1S/C13H15ClN2.ClH/c14-11-5-6-12-10(8-11)9-16-7-3-1-2-4-13(16)15-12;/h5-6,8H,1-4,7,9H2;1H. The van der Waals surface area contributed by atoms with Crippen LogP contribution in [0, 0.1) is 0 Å². The average Bonchev–Trinajstić information content (AvgIpc) is 2.50. The van der Waals surface area contributed by atoms with Crippen molar-refractivity contribution >= 4 is 35.5 Å². The molecule has 0 spiro atoms. The van der Waals surface area contributed by atoms with E-state index in [0.29, 0.717) is 0 Å². The zero-order valence-electron chi connectivity index (χ0n) is 9.66. The van der Waals surface area contributed by atoms with Gasteiger partial charge in [-0.15, -0.1) is 12.4 Å². The van der Waals surface area contributed by atoms with Gasteiger partial charge < -0.3 is 4.90 Å². The topological polar surface area (TPSA) is 15.6 Å². The molecule has 0 bridgehead atoms. The molecule has 2 heterocycles. The van der Waals surface area contributed by atoms with E-state index in [4.69, 9.17) is 16.6 Å². The molecule has 0 amide bonds. The first-order valence-electron chi connectivity index (χ1n) is 5.94. The van der Waals surface area contributed by atoms with Gasteiger partial charge in [0.1, 0.15) is 5.84 Å². The molecule has 1 saturated heterocycles. The van der Waals surface area contributed by atoms with Crippen LogP contribution in [0.2, 0.25) is 5.02 Å². The van der Waals surface area contributed by atoms with Crippen LogP contribution in [0.5, 0.6) is 0 Å². The van der Waals surface area contributed by atoms with E-state index in [1.165, 1.54) is 30.7 Å². The minimum atomic E-state index is 0. The van der Waals surface area contributed by atoms with Crippen LogP contribution in [0.15, 0.2) is 23.2 Å². The van der Waals surface area contributed by atoms with Gasteiger partial charge >= 0.3 is 0 Å². The van der Waals surface area contributed by atoms with Gasteiger partial charge in [0.15, 0.2) is 0 Å². The second-order valence-corrected chi connectivity index (χ2v) is 4.97. The van der Waals surface area contributed by atoms with Gasteiger partial charge in [-0.1, -0.05) is 18.0 Å². The summed E-state index contributed by atoms with van der Waals surface area (Å²) in [7, 11) is 0. The molecule has 3 rings (SSSR count). The zero-order chi connectivity index (χ0) is 11.0. The van der Waals surface area contributed by atoms with Gasteiger partial charge in [-0.2, -0.15) is 0 Å². The zero-order valence-corrected chi connectivity index (χ0v) is 11.2. The van der Waals surface area contributed by atoms with Crippen molar-refractivity contribution in [2.24, 2.45) is 4.99 Å². The monoisotopic (exact) mass is 270 g/mol. The van der Waals surface area contributed by atoms with Crippen molar-refractivity contribution in [2.75, 3.05) is 6.54 Å². The predicted octanol–water partition coefficient (Wildman–Crippen LogP) is 4.18. The summed E-state index contributed by atoms with van der Waals surface area (Å²) >= 11 is 6.02. The lowest BCUT2D eigenvalue weighted by Gasteiger charge is -2.29. The molecule has 2 aliphatic rings. The Bertz CT molecular complexity index is 443. The van der Waals surface area contributed by atoms with Gasteiger partial charge in [-0.25, -0.2) is 4.99 Å². The Balaban J connectivity index is 0.00000108. The number of aliphatic imine (C=N–C) groups is 1. The van der Waals surface area contributed by atoms with E-state index in [-0.39, 0.29) is 12.4 Å². The van der Waals surface area contributed by atoms with E-state index in [1.807, 2.05) is 18.2 Å². The summed E-state index contributed by atoms with van der Waals surface area (Å²) in [5, 5.41) is 0.812. The van der Waals surface area contributed by atoms with Gasteiger partial charge in [-0.3, -0.25) is 0 Å². The lowest BCUT2D eigenvalue weighted by Crippen LogP contribution is -2.32. The van der Waals surface area contributed by atoms with Gasteiger partial charge in [0.05, 0.1) is 5.69 Å². The first-order valence-corrected chi connectivity index (χ1v) is 6.32. The SMILES string of the molecule is Cl.Clc1ccc2c(c1)CN1CCCCCC1=N2. The van der Waals surface area contributed by atoms with Crippen molar-refractivity contribution in [3.05, 3.63) is 28.8 Å². The molecule has 0 N–H and O–H groups in total. The van der Waals surface area contributed by atoms with Crippen LogP contribution in [0.4, 0.5) is 5.69 Å². The van der Waals surface area contributed by atoms with E-state index in [0.717, 1.165) is 30.2 Å². The van der Waals surface area contributed by atoms with E-state index in [9.17, 15) is 0 Å². The highest BCUT2D eigenvalue weighted by molar-refractivity contribution is 6.30. The van der Waals surface area contributed by atoms with E-state index < -0.39 is 0 Å². The average molecular weight is 271 g/mol. The minimum Gasteiger partial charge on any atom is -0.356 e. The number of fused-ring (bicyclic) bond motifs is 2. The van der Waals surface area contributed by atoms with Gasteiger partial charge in [0.25, 0.3) is 0 Å². The molecule has 2 aliphatic heterocycles. The number of amidine groups is 1. The summed E-state index contributed by atoms with van der Waals surface area (Å²) in [5.41, 5.74) is 2.37. The third kappa shape index (κ3) is 2.58. The fourth-order valence-electron chi connectivity index (χ4n) is 2.48. The third-order valence-electron chi connectivity index (χ3n) is 3.35. The summed E-state index contributed by atoms with van der Waals surface area (Å²) in [4.78, 5) is 7.16. The van der Waals surface area contributed by atoms with Crippen molar-refractivity contribution in [2.45, 2.75) is 32.2 Å². The lowest BCUT2D eigenvalue weighted by molar-refractivity contribution is 0.403. The first-order chi connectivity index (χ1) is 7.83. The normalized spacial score (nSPS) is 18.4. The minimum absolute atomic E-state index is 0. The maximum absolute atomic E-state index is 6.02. The van der Waals surface area contributed by atoms with Crippen molar-refractivity contribution in [1.29, 1.82) is 0 Å². The molecule has 2 nitrogen and oxygen atoms in total. The molecule has 0 saturated carbocycles. The van der Waals surface area contributed by atoms with E-state index >= 15 is 0 Å². The van der Waals surface area contributed by atoms with Crippen LogP contribution >= 0.6 is 24.0 Å². The largest absolute Gasteiger partial charge is 0.356 e. The number of rotatable bonds is 0. The molecule has 92 valence electrons. The summed E-state index contributed by atoms with van der Waals surface area (Å²) in [6.07, 6.45) is 5.02. The number of halogens is 2. The van der Waals surface area contributed by atoms with Gasteiger partial charge in [-0.05, 0) is 36.6 Å². The van der Waals surface area contributed by atoms with Gasteiger partial charge in [0.2, 0.25) is 0 Å². The van der Waals surface area contributed by atoms with Crippen LogP contribution < -0.4 is 0 Å². The van der Waals surface area contributed by atoms with Gasteiger partial charge in [0, 0.05) is 24.5 Å². The highest BCUT2D eigenvalue weighted by Gasteiger charge is 2.21. The van der Waals surface area contributed by atoms with Crippen molar-refractivity contribution in [3.63, 3.8) is 0 Å². The third-order valence-corrected chi connectivity index (χ3v) is 3.58. The molecular formula is C13H16Cl2N2. The molecule has 1 aromatic carbocycles. The lowest BCUT2D eigenvalue weighted by atomic mass is 10.1. The van der Waals surface area contributed by atoms with Crippen molar-refractivity contribution in [1.82, 2.24) is 4.90 Å². The van der Waals surface area contributed by atoms with Crippen LogP contribution in [-0.4, -0.2) is 17.3 Å². The fraction of sp³-hybridized carbons (Fsp3) is 0.462. The van der Waals surface area contributed by atoms with Crippen molar-refractivity contribution < 1.29 is 0 Å². The quantitative estimate of drug-likeness (QED) is 0.691. The van der Waals surface area contributed by atoms with E-state index in [1.54, 1.807) is 0 Å². The Morgan fingerprint density at radius 2 is 2.06 bits per heavy atom. The van der Waals surface area contributed by atoms with Crippen molar-refractivity contribution in [3.8, 4) is 0 Å². The summed E-state index contributed by atoms with van der Waals surface area (Å²) in [5.74, 6) is 1.27. The predicted molar refractivity (Wildman–Crippen MR) is 74.7 cm³/mol. The van der Waals surface area contributed by atoms with Crippen LogP contribution in [0.1, 0.15) is 31.2 Å². The molecule has 1 aromatic rings. The Morgan fingerprint density at radius 1 is 1.18 bits per heavy atom. The fourth-order valence-corrected chi connectivity index (χ4v) is 2.68. The number of hydrogen-bond donors (Lipinski definition) is 0. The highest BCUT2D eigenvalue weighted by atomic mass is 35.5. The molecule has 0 unspecified atom stereocenters. The van der Waals surface area contributed by atoms with Crippen LogP contribution in [0.3, 0.4) is 0 Å². The first kappa shape index (κ1) is 12.7. The molecule has 0 atom stereocenters. The van der Waals surface area contributed by atoms with Crippen LogP contribution in [-0.2, 0) is 6.54 Å². The molecule has 0 radical (unpaired) electrons. The number of hydrogen-bond acceptors (Lipinski definition) is 2. The maximum Gasteiger partial charge on any atom is 0.105 e.